The molecule has 2 heterocycles. The second-order valence-corrected chi connectivity index (χ2v) is 6.98. The highest BCUT2D eigenvalue weighted by Gasteiger charge is 2.21. The number of rotatable bonds is 2. The molecule has 0 saturated heterocycles. The monoisotopic (exact) mass is 312 g/mol. The second-order valence-electron chi connectivity index (χ2n) is 5.85. The normalized spacial score (nSPS) is 17.4. The van der Waals surface area contributed by atoms with E-state index in [0.29, 0.717) is 11.5 Å². The third-order valence-corrected chi connectivity index (χ3v) is 5.30. The Morgan fingerprint density at radius 3 is 3.14 bits per heavy atom. The van der Waals surface area contributed by atoms with Crippen LogP contribution in [0, 0.1) is 5.92 Å². The molecule has 4 nitrogen and oxygen atoms in total. The Morgan fingerprint density at radius 1 is 1.41 bits per heavy atom. The van der Waals surface area contributed by atoms with Gasteiger partial charge in [0, 0.05) is 4.88 Å². The van der Waals surface area contributed by atoms with Gasteiger partial charge in [0.2, 0.25) is 0 Å². The van der Waals surface area contributed by atoms with Gasteiger partial charge in [-0.1, -0.05) is 19.1 Å². The minimum atomic E-state index is -0.140. The lowest BCUT2D eigenvalue weighted by Crippen LogP contribution is -2.10. The average Bonchev–Trinajstić information content (AvgIpc) is 3.09. The Balaban J connectivity index is 1.57. The van der Waals surface area contributed by atoms with Crippen molar-refractivity contribution in [1.82, 2.24) is 4.98 Å². The van der Waals surface area contributed by atoms with E-state index in [-0.39, 0.29) is 11.9 Å². The predicted octanol–water partition coefficient (Wildman–Crippen LogP) is 4.27. The SMILES string of the molecule is C[C@H]1CCc2sc(C(=O)Nc3nc4ccccc4o3)cc2C1. The highest BCUT2D eigenvalue weighted by molar-refractivity contribution is 7.14. The van der Waals surface area contributed by atoms with Gasteiger partial charge >= 0.3 is 6.01 Å². The molecule has 0 spiro atoms. The molecule has 0 saturated carbocycles. The number of nitrogens with one attached hydrogen (secondary N) is 1. The van der Waals surface area contributed by atoms with Crippen molar-refractivity contribution < 1.29 is 9.21 Å². The van der Waals surface area contributed by atoms with Crippen molar-refractivity contribution in [2.75, 3.05) is 5.32 Å². The minimum absolute atomic E-state index is 0.140. The fourth-order valence-electron chi connectivity index (χ4n) is 2.90. The maximum atomic E-state index is 12.4. The number of carbonyl (C=O) groups is 1. The van der Waals surface area contributed by atoms with Crippen molar-refractivity contribution in [3.8, 4) is 0 Å². The molecule has 112 valence electrons. The van der Waals surface area contributed by atoms with Gasteiger partial charge in [-0.3, -0.25) is 10.1 Å². The lowest BCUT2D eigenvalue weighted by atomic mass is 9.90. The van der Waals surface area contributed by atoms with Crippen molar-refractivity contribution >= 4 is 34.4 Å². The van der Waals surface area contributed by atoms with Gasteiger partial charge in [0.25, 0.3) is 5.91 Å². The number of para-hydroxylation sites is 2. The first-order valence-corrected chi connectivity index (χ1v) is 8.29. The summed E-state index contributed by atoms with van der Waals surface area (Å²) in [5.74, 6) is 0.564. The van der Waals surface area contributed by atoms with Crippen LogP contribution in [0.4, 0.5) is 6.01 Å². The number of fused-ring (bicyclic) bond motifs is 2. The fourth-order valence-corrected chi connectivity index (χ4v) is 4.01. The number of aromatic nitrogens is 1. The zero-order valence-corrected chi connectivity index (χ0v) is 13.1. The van der Waals surface area contributed by atoms with Crippen LogP contribution in [-0.4, -0.2) is 10.9 Å². The first-order chi connectivity index (χ1) is 10.7. The third kappa shape index (κ3) is 2.41. The van der Waals surface area contributed by atoms with E-state index in [1.807, 2.05) is 30.3 Å². The number of thiophene rings is 1. The van der Waals surface area contributed by atoms with E-state index in [1.54, 1.807) is 11.3 Å². The first kappa shape index (κ1) is 13.5. The van der Waals surface area contributed by atoms with Gasteiger partial charge in [0.15, 0.2) is 5.58 Å². The first-order valence-electron chi connectivity index (χ1n) is 7.47. The lowest BCUT2D eigenvalue weighted by Gasteiger charge is -2.16. The van der Waals surface area contributed by atoms with Crippen LogP contribution in [0.1, 0.15) is 33.5 Å². The number of benzene rings is 1. The molecule has 0 radical (unpaired) electrons. The van der Waals surface area contributed by atoms with E-state index >= 15 is 0 Å². The summed E-state index contributed by atoms with van der Waals surface area (Å²) in [7, 11) is 0. The van der Waals surface area contributed by atoms with Gasteiger partial charge in [-0.15, -0.1) is 11.3 Å². The summed E-state index contributed by atoms with van der Waals surface area (Å²) in [6, 6.07) is 9.75. The molecule has 1 atom stereocenters. The molecular formula is C17H16N2O2S. The van der Waals surface area contributed by atoms with Crippen molar-refractivity contribution in [3.05, 3.63) is 45.6 Å². The largest absolute Gasteiger partial charge is 0.423 e. The Kier molecular flexibility index (Phi) is 3.22. The number of hydrogen-bond acceptors (Lipinski definition) is 4. The Bertz CT molecular complexity index is 816. The molecule has 5 heteroatoms. The van der Waals surface area contributed by atoms with Gasteiger partial charge in [-0.25, -0.2) is 0 Å². The van der Waals surface area contributed by atoms with Gasteiger partial charge < -0.3 is 4.42 Å². The van der Waals surface area contributed by atoms with E-state index in [1.165, 1.54) is 16.9 Å². The molecule has 0 unspecified atom stereocenters. The summed E-state index contributed by atoms with van der Waals surface area (Å²) in [5, 5.41) is 2.76. The quantitative estimate of drug-likeness (QED) is 0.769. The van der Waals surface area contributed by atoms with Crippen LogP contribution < -0.4 is 5.32 Å². The van der Waals surface area contributed by atoms with Crippen LogP contribution in [0.25, 0.3) is 11.1 Å². The maximum Gasteiger partial charge on any atom is 0.302 e. The van der Waals surface area contributed by atoms with Crippen LogP contribution in [-0.2, 0) is 12.8 Å². The average molecular weight is 312 g/mol. The van der Waals surface area contributed by atoms with Crippen LogP contribution in [0.15, 0.2) is 34.7 Å². The van der Waals surface area contributed by atoms with Crippen molar-refractivity contribution in [2.24, 2.45) is 5.92 Å². The fraction of sp³-hybridized carbons (Fsp3) is 0.294. The van der Waals surface area contributed by atoms with E-state index in [2.05, 4.69) is 17.2 Å². The lowest BCUT2D eigenvalue weighted by molar-refractivity contribution is 0.102. The molecule has 2 aromatic heterocycles. The number of carbonyl (C=O) groups excluding carboxylic acids is 1. The Hall–Kier alpha value is -2.14. The molecular weight excluding hydrogens is 296 g/mol. The summed E-state index contributed by atoms with van der Waals surface area (Å²) < 4.78 is 5.54. The van der Waals surface area contributed by atoms with Crippen molar-refractivity contribution in [1.29, 1.82) is 0 Å². The molecule has 3 aromatic rings. The number of amides is 1. The topological polar surface area (TPSA) is 55.1 Å². The van der Waals surface area contributed by atoms with Gasteiger partial charge in [0.05, 0.1) is 4.88 Å². The van der Waals surface area contributed by atoms with Crippen molar-refractivity contribution in [2.45, 2.75) is 26.2 Å². The zero-order chi connectivity index (χ0) is 15.1. The Morgan fingerprint density at radius 2 is 2.27 bits per heavy atom. The van der Waals surface area contributed by atoms with Gasteiger partial charge in [-0.05, 0) is 48.9 Å². The molecule has 0 fully saturated rings. The van der Waals surface area contributed by atoms with Crippen LogP contribution >= 0.6 is 11.3 Å². The standard InChI is InChI=1S/C17H16N2O2S/c1-10-6-7-14-11(8-10)9-15(22-14)16(20)19-17-18-12-4-2-3-5-13(12)21-17/h2-5,9-10H,6-8H2,1H3,(H,18,19,20)/t10-/m0/s1. The molecule has 1 aliphatic carbocycles. The summed E-state index contributed by atoms with van der Waals surface area (Å²) in [4.78, 5) is 18.8. The summed E-state index contributed by atoms with van der Waals surface area (Å²) in [6.45, 7) is 2.26. The molecule has 1 aromatic carbocycles. The van der Waals surface area contributed by atoms with E-state index in [0.717, 1.165) is 23.2 Å². The highest BCUT2D eigenvalue weighted by atomic mass is 32.1. The molecule has 0 aliphatic heterocycles. The van der Waals surface area contributed by atoms with Crippen LogP contribution in [0.2, 0.25) is 0 Å². The third-order valence-electron chi connectivity index (χ3n) is 4.07. The Labute approximate surface area is 132 Å². The minimum Gasteiger partial charge on any atom is -0.423 e. The molecule has 1 amide bonds. The van der Waals surface area contributed by atoms with E-state index < -0.39 is 0 Å². The highest BCUT2D eigenvalue weighted by Crippen LogP contribution is 2.32. The molecule has 0 bridgehead atoms. The van der Waals surface area contributed by atoms with Crippen molar-refractivity contribution in [3.63, 3.8) is 0 Å². The maximum absolute atomic E-state index is 12.4. The summed E-state index contributed by atoms with van der Waals surface area (Å²) >= 11 is 1.59. The molecule has 1 aliphatic rings. The zero-order valence-electron chi connectivity index (χ0n) is 12.3. The number of hydrogen-bond donors (Lipinski definition) is 1. The number of nitrogens with zero attached hydrogens (tertiary/aromatic N) is 1. The smallest absolute Gasteiger partial charge is 0.302 e. The van der Waals surface area contributed by atoms with E-state index in [4.69, 9.17) is 4.42 Å². The van der Waals surface area contributed by atoms with Crippen LogP contribution in [0.5, 0.6) is 0 Å². The number of anilines is 1. The number of aryl methyl sites for hydroxylation is 1. The summed E-state index contributed by atoms with van der Waals surface area (Å²) in [5.41, 5.74) is 2.75. The van der Waals surface area contributed by atoms with Crippen LogP contribution in [0.3, 0.4) is 0 Å². The number of oxazole rings is 1. The molecule has 4 rings (SSSR count). The predicted molar refractivity (Wildman–Crippen MR) is 87.5 cm³/mol. The summed E-state index contributed by atoms with van der Waals surface area (Å²) in [6.07, 6.45) is 3.36. The molecule has 22 heavy (non-hydrogen) atoms. The van der Waals surface area contributed by atoms with Gasteiger partial charge in [-0.2, -0.15) is 4.98 Å². The second kappa shape index (κ2) is 5.25. The van der Waals surface area contributed by atoms with E-state index in [9.17, 15) is 4.79 Å². The van der Waals surface area contributed by atoms with Gasteiger partial charge in [0.1, 0.15) is 5.52 Å². The molecule has 1 N–H and O–H groups in total.